The Morgan fingerprint density at radius 1 is 0.947 bits per heavy atom. The summed E-state index contributed by atoms with van der Waals surface area (Å²) in [5.41, 5.74) is -0.0640. The van der Waals surface area contributed by atoms with E-state index in [1.165, 1.54) is 19.3 Å². The molecule has 0 bridgehead atoms. The van der Waals surface area contributed by atoms with Crippen molar-refractivity contribution in [1.82, 2.24) is 15.0 Å². The van der Waals surface area contributed by atoms with E-state index in [-0.39, 0.29) is 5.54 Å². The fraction of sp³-hybridized carbons (Fsp3) is 0.769. The van der Waals surface area contributed by atoms with Crippen LogP contribution >= 0.6 is 0 Å². The van der Waals surface area contributed by atoms with Crippen LogP contribution in [0.5, 0.6) is 0 Å². The van der Waals surface area contributed by atoms with E-state index in [2.05, 4.69) is 51.3 Å². The van der Waals surface area contributed by atoms with E-state index in [1.54, 1.807) is 0 Å². The second kappa shape index (κ2) is 5.59. The summed E-state index contributed by atoms with van der Waals surface area (Å²) in [5, 5.41) is 6.31. The highest BCUT2D eigenvalue weighted by molar-refractivity contribution is 5.44. The Bertz CT molecular complexity index is 420. The van der Waals surface area contributed by atoms with E-state index >= 15 is 0 Å². The van der Waals surface area contributed by atoms with Crippen molar-refractivity contribution in [1.29, 1.82) is 0 Å². The number of hydrogen-bond acceptors (Lipinski definition) is 6. The zero-order chi connectivity index (χ0) is 13.9. The van der Waals surface area contributed by atoms with Crippen LogP contribution in [0.2, 0.25) is 0 Å². The average molecular weight is 264 g/mol. The normalized spacial score (nSPS) is 16.3. The molecule has 1 saturated heterocycles. The molecule has 0 amide bonds. The van der Waals surface area contributed by atoms with E-state index in [4.69, 9.17) is 0 Å². The Kier molecular flexibility index (Phi) is 4.07. The topological polar surface area (TPSA) is 66.0 Å². The van der Waals surface area contributed by atoms with E-state index in [0.29, 0.717) is 11.9 Å². The molecule has 106 valence electrons. The first-order chi connectivity index (χ1) is 8.98. The summed E-state index contributed by atoms with van der Waals surface area (Å²) in [5.74, 6) is 2.01. The van der Waals surface area contributed by atoms with E-state index < -0.39 is 0 Å². The van der Waals surface area contributed by atoms with Gasteiger partial charge in [-0.2, -0.15) is 15.0 Å². The van der Waals surface area contributed by atoms with Crippen LogP contribution in [0.4, 0.5) is 17.8 Å². The lowest BCUT2D eigenvalue weighted by atomic mass is 10.1. The third-order valence-corrected chi connectivity index (χ3v) is 2.97. The summed E-state index contributed by atoms with van der Waals surface area (Å²) in [6.07, 6.45) is 3.72. The molecule has 0 aliphatic carbocycles. The Hall–Kier alpha value is -1.59. The largest absolute Gasteiger partial charge is 0.357 e. The molecule has 2 heterocycles. The molecule has 6 heteroatoms. The highest BCUT2D eigenvalue weighted by atomic mass is 15.3. The van der Waals surface area contributed by atoms with Crippen molar-refractivity contribution in [3.05, 3.63) is 0 Å². The van der Waals surface area contributed by atoms with Gasteiger partial charge in [0.15, 0.2) is 0 Å². The van der Waals surface area contributed by atoms with Gasteiger partial charge < -0.3 is 15.5 Å². The molecular formula is C13H24N6. The maximum atomic E-state index is 4.54. The molecule has 0 unspecified atom stereocenters. The molecule has 0 atom stereocenters. The zero-order valence-corrected chi connectivity index (χ0v) is 12.3. The molecule has 0 radical (unpaired) electrons. The first-order valence-electron chi connectivity index (χ1n) is 6.95. The Morgan fingerprint density at radius 2 is 1.58 bits per heavy atom. The number of aromatic nitrogens is 3. The van der Waals surface area contributed by atoms with Crippen molar-refractivity contribution >= 4 is 17.8 Å². The van der Waals surface area contributed by atoms with Gasteiger partial charge in [0.1, 0.15) is 0 Å². The fourth-order valence-corrected chi connectivity index (χ4v) is 2.10. The molecule has 0 spiro atoms. The first kappa shape index (κ1) is 13.8. The minimum atomic E-state index is -0.0640. The van der Waals surface area contributed by atoms with Crippen molar-refractivity contribution in [3.63, 3.8) is 0 Å². The van der Waals surface area contributed by atoms with Crippen molar-refractivity contribution in [2.24, 2.45) is 0 Å². The van der Waals surface area contributed by atoms with E-state index in [9.17, 15) is 0 Å². The minimum absolute atomic E-state index is 0.0640. The van der Waals surface area contributed by atoms with Gasteiger partial charge in [0.2, 0.25) is 17.8 Å². The molecular weight excluding hydrogens is 240 g/mol. The summed E-state index contributed by atoms with van der Waals surface area (Å²) in [4.78, 5) is 15.6. The van der Waals surface area contributed by atoms with Crippen LogP contribution in [0.25, 0.3) is 0 Å². The van der Waals surface area contributed by atoms with Crippen LogP contribution in [0.3, 0.4) is 0 Å². The van der Waals surface area contributed by atoms with Crippen molar-refractivity contribution in [2.45, 2.75) is 45.6 Å². The van der Waals surface area contributed by atoms with Gasteiger partial charge in [-0.25, -0.2) is 0 Å². The van der Waals surface area contributed by atoms with Crippen molar-refractivity contribution < 1.29 is 0 Å². The quantitative estimate of drug-likeness (QED) is 0.871. The van der Waals surface area contributed by atoms with Gasteiger partial charge in [0.25, 0.3) is 0 Å². The second-order valence-corrected chi connectivity index (χ2v) is 5.96. The number of nitrogens with one attached hydrogen (secondary N) is 2. The third kappa shape index (κ3) is 3.94. The van der Waals surface area contributed by atoms with Gasteiger partial charge in [-0.15, -0.1) is 0 Å². The molecule has 1 fully saturated rings. The van der Waals surface area contributed by atoms with Crippen LogP contribution in [-0.2, 0) is 0 Å². The predicted octanol–water partition coefficient (Wildman–Crippen LogP) is 2.11. The standard InChI is InChI=1S/C13H24N6/c1-13(2,3)18-11-15-10(14-4)16-12(17-11)19-8-6-5-7-9-19/h5-9H2,1-4H3,(H2,14,15,16,17,18). The summed E-state index contributed by atoms with van der Waals surface area (Å²) >= 11 is 0. The maximum Gasteiger partial charge on any atom is 0.231 e. The van der Waals surface area contributed by atoms with Gasteiger partial charge >= 0.3 is 0 Å². The highest BCUT2D eigenvalue weighted by Crippen LogP contribution is 2.19. The van der Waals surface area contributed by atoms with Gasteiger partial charge in [0.05, 0.1) is 0 Å². The molecule has 2 N–H and O–H groups in total. The lowest BCUT2D eigenvalue weighted by molar-refractivity contribution is 0.566. The van der Waals surface area contributed by atoms with Crippen molar-refractivity contribution in [3.8, 4) is 0 Å². The molecule has 19 heavy (non-hydrogen) atoms. The fourth-order valence-electron chi connectivity index (χ4n) is 2.10. The van der Waals surface area contributed by atoms with Crippen molar-refractivity contribution in [2.75, 3.05) is 35.7 Å². The lowest BCUT2D eigenvalue weighted by Gasteiger charge is -2.27. The van der Waals surface area contributed by atoms with Crippen LogP contribution in [0.15, 0.2) is 0 Å². The summed E-state index contributed by atoms with van der Waals surface area (Å²) < 4.78 is 0. The number of anilines is 3. The van der Waals surface area contributed by atoms with Gasteiger partial charge in [0, 0.05) is 25.7 Å². The highest BCUT2D eigenvalue weighted by Gasteiger charge is 2.18. The molecule has 0 saturated carbocycles. The zero-order valence-electron chi connectivity index (χ0n) is 12.3. The molecule has 1 aliphatic rings. The van der Waals surface area contributed by atoms with E-state index in [1.807, 2.05) is 7.05 Å². The minimum Gasteiger partial charge on any atom is -0.357 e. The van der Waals surface area contributed by atoms with Gasteiger partial charge in [-0.1, -0.05) is 0 Å². The van der Waals surface area contributed by atoms with Crippen LogP contribution in [0.1, 0.15) is 40.0 Å². The smallest absolute Gasteiger partial charge is 0.231 e. The third-order valence-electron chi connectivity index (χ3n) is 2.97. The monoisotopic (exact) mass is 264 g/mol. The summed E-state index contributed by atoms with van der Waals surface area (Å²) in [6, 6.07) is 0. The number of hydrogen-bond donors (Lipinski definition) is 2. The maximum absolute atomic E-state index is 4.54. The lowest BCUT2D eigenvalue weighted by Crippen LogP contribution is -2.33. The molecule has 2 rings (SSSR count). The predicted molar refractivity (Wildman–Crippen MR) is 78.8 cm³/mol. The Labute approximate surface area is 115 Å². The number of nitrogens with zero attached hydrogens (tertiary/aromatic N) is 4. The number of piperidine rings is 1. The molecule has 1 aromatic rings. The van der Waals surface area contributed by atoms with E-state index in [0.717, 1.165) is 19.0 Å². The Balaban J connectivity index is 2.24. The van der Waals surface area contributed by atoms with Crippen LogP contribution in [-0.4, -0.2) is 40.6 Å². The molecule has 1 aromatic heterocycles. The molecule has 6 nitrogen and oxygen atoms in total. The Morgan fingerprint density at radius 3 is 2.16 bits per heavy atom. The van der Waals surface area contributed by atoms with Crippen LogP contribution in [0, 0.1) is 0 Å². The van der Waals surface area contributed by atoms with Gasteiger partial charge in [-0.3, -0.25) is 0 Å². The first-order valence-corrected chi connectivity index (χ1v) is 6.95. The molecule has 0 aromatic carbocycles. The second-order valence-electron chi connectivity index (χ2n) is 5.96. The van der Waals surface area contributed by atoms with Gasteiger partial charge in [-0.05, 0) is 40.0 Å². The summed E-state index contributed by atoms with van der Waals surface area (Å²) in [6.45, 7) is 8.34. The molecule has 1 aliphatic heterocycles. The number of rotatable bonds is 3. The SMILES string of the molecule is CNc1nc(NC(C)(C)C)nc(N2CCCCC2)n1. The average Bonchev–Trinajstić information content (AvgIpc) is 2.37. The summed E-state index contributed by atoms with van der Waals surface area (Å²) in [7, 11) is 1.83. The van der Waals surface area contributed by atoms with Crippen LogP contribution < -0.4 is 15.5 Å².